The smallest absolute Gasteiger partial charge is 0.261 e. The summed E-state index contributed by atoms with van der Waals surface area (Å²) in [6, 6.07) is 42.2. The molecule has 1 saturated heterocycles. The fraction of sp³-hybridized carbons (Fsp3) is 0.271. The lowest BCUT2D eigenvalue weighted by molar-refractivity contribution is -0.123. The maximum Gasteiger partial charge on any atom is 0.261 e. The van der Waals surface area contributed by atoms with Crippen molar-refractivity contribution in [2.24, 2.45) is 17.8 Å². The van der Waals surface area contributed by atoms with Gasteiger partial charge in [-0.1, -0.05) is 124 Å². The number of allylic oxidation sites excluding steroid dienone is 1. The van der Waals surface area contributed by atoms with Crippen LogP contribution in [0.1, 0.15) is 51.3 Å². The van der Waals surface area contributed by atoms with Crippen molar-refractivity contribution >= 4 is 47.8 Å². The van der Waals surface area contributed by atoms with Crippen molar-refractivity contribution in [1.82, 2.24) is 4.98 Å². The molecular formula is C48H50N2O6Si. The normalized spacial score (nSPS) is 19.5. The van der Waals surface area contributed by atoms with Gasteiger partial charge in [0.1, 0.15) is 5.75 Å². The number of amides is 2. The Morgan fingerprint density at radius 1 is 0.842 bits per heavy atom. The van der Waals surface area contributed by atoms with E-state index in [9.17, 15) is 24.9 Å². The summed E-state index contributed by atoms with van der Waals surface area (Å²) in [6.07, 6.45) is 3.30. The molecule has 9 heteroatoms. The summed E-state index contributed by atoms with van der Waals surface area (Å²) in [7, 11) is -3.07. The van der Waals surface area contributed by atoms with Crippen molar-refractivity contribution in [2.45, 2.75) is 51.2 Å². The third-order valence-electron chi connectivity index (χ3n) is 11.6. The van der Waals surface area contributed by atoms with E-state index in [2.05, 4.69) is 50.0 Å². The third kappa shape index (κ3) is 7.80. The van der Waals surface area contributed by atoms with E-state index in [0.717, 1.165) is 21.5 Å². The van der Waals surface area contributed by atoms with Crippen LogP contribution < -0.4 is 15.3 Å². The van der Waals surface area contributed by atoms with Crippen molar-refractivity contribution in [3.8, 4) is 5.75 Å². The van der Waals surface area contributed by atoms with Crippen LogP contribution >= 0.6 is 0 Å². The summed E-state index contributed by atoms with van der Waals surface area (Å²) in [4.78, 5) is 34.4. The van der Waals surface area contributed by atoms with Gasteiger partial charge in [-0.05, 0) is 87.8 Å². The van der Waals surface area contributed by atoms with Crippen molar-refractivity contribution in [1.29, 1.82) is 0 Å². The SMILES string of the molecule is CC(C)(C)[Si](OCC1=C([C@H](O)CC/C(=C/c2ccccc2O)c2ccccn2)[C@H](CO)[C@@H]2C(=O)N(c3ccccc3)C(=O)[C@@H]2C1)(c1ccccc1)c1ccccc1. The van der Waals surface area contributed by atoms with E-state index >= 15 is 0 Å². The minimum atomic E-state index is -3.07. The van der Waals surface area contributed by atoms with Crippen LogP contribution in [0.4, 0.5) is 5.69 Å². The summed E-state index contributed by atoms with van der Waals surface area (Å²) >= 11 is 0. The molecule has 7 rings (SSSR count). The maximum absolute atomic E-state index is 14.3. The lowest BCUT2D eigenvalue weighted by Crippen LogP contribution is -2.66. The molecular weight excluding hydrogens is 729 g/mol. The summed E-state index contributed by atoms with van der Waals surface area (Å²) in [5.74, 6) is -2.95. The fourth-order valence-electron chi connectivity index (χ4n) is 8.95. The number of aliphatic hydroxyl groups excluding tert-OH is 2. The molecule has 1 fully saturated rings. The number of benzene rings is 4. The highest BCUT2D eigenvalue weighted by molar-refractivity contribution is 6.99. The number of aliphatic hydroxyl groups is 2. The molecule has 4 atom stereocenters. The van der Waals surface area contributed by atoms with Crippen LogP contribution in [0.2, 0.25) is 5.04 Å². The number of phenolic OH excluding ortho intramolecular Hbond substituents is 1. The van der Waals surface area contributed by atoms with Gasteiger partial charge < -0.3 is 19.7 Å². The van der Waals surface area contributed by atoms with Gasteiger partial charge in [0.25, 0.3) is 8.32 Å². The molecule has 57 heavy (non-hydrogen) atoms. The first kappa shape index (κ1) is 39.8. The number of anilines is 1. The number of fused-ring (bicyclic) bond motifs is 1. The number of aromatic nitrogens is 1. The molecule has 1 aliphatic carbocycles. The van der Waals surface area contributed by atoms with Gasteiger partial charge in [0, 0.05) is 17.7 Å². The number of aromatic hydroxyl groups is 1. The fourth-order valence-corrected chi connectivity index (χ4v) is 13.5. The van der Waals surface area contributed by atoms with Gasteiger partial charge in [0.2, 0.25) is 11.8 Å². The molecule has 0 saturated carbocycles. The molecule has 1 aromatic heterocycles. The maximum atomic E-state index is 14.3. The average molecular weight is 779 g/mol. The van der Waals surface area contributed by atoms with Crippen LogP contribution in [0.3, 0.4) is 0 Å². The van der Waals surface area contributed by atoms with Gasteiger partial charge in [0.05, 0.1) is 42.5 Å². The molecule has 8 nitrogen and oxygen atoms in total. The van der Waals surface area contributed by atoms with Gasteiger partial charge in [-0.2, -0.15) is 0 Å². The monoisotopic (exact) mass is 778 g/mol. The van der Waals surface area contributed by atoms with Gasteiger partial charge in [-0.3, -0.25) is 19.5 Å². The number of rotatable bonds is 13. The van der Waals surface area contributed by atoms with E-state index < -0.39 is 38.8 Å². The zero-order chi connectivity index (χ0) is 40.2. The second-order valence-electron chi connectivity index (χ2n) is 16.0. The van der Waals surface area contributed by atoms with Crippen LogP contribution in [-0.4, -0.2) is 59.8 Å². The van der Waals surface area contributed by atoms with Crippen LogP contribution in [0.15, 0.2) is 151 Å². The Kier molecular flexibility index (Phi) is 11.8. The number of carbonyl (C=O) groups excluding carboxylic acids is 2. The Morgan fingerprint density at radius 2 is 1.44 bits per heavy atom. The number of para-hydroxylation sites is 2. The van der Waals surface area contributed by atoms with Crippen LogP contribution in [0.5, 0.6) is 5.75 Å². The minimum absolute atomic E-state index is 0.104. The number of hydrogen-bond acceptors (Lipinski definition) is 7. The molecule has 2 amide bonds. The van der Waals surface area contributed by atoms with Gasteiger partial charge in [-0.25, -0.2) is 0 Å². The number of imide groups is 1. The lowest BCUT2D eigenvalue weighted by atomic mass is 9.68. The topological polar surface area (TPSA) is 120 Å². The number of hydrogen-bond donors (Lipinski definition) is 3. The molecule has 3 N–H and O–H groups in total. The van der Waals surface area contributed by atoms with E-state index in [1.165, 1.54) is 4.90 Å². The van der Waals surface area contributed by atoms with Crippen molar-refractivity contribution in [3.05, 3.63) is 162 Å². The molecule has 292 valence electrons. The summed E-state index contributed by atoms with van der Waals surface area (Å²) < 4.78 is 7.42. The Balaban J connectivity index is 1.32. The summed E-state index contributed by atoms with van der Waals surface area (Å²) in [6.45, 7) is 6.27. The average Bonchev–Trinajstić information content (AvgIpc) is 3.48. The van der Waals surface area contributed by atoms with E-state index in [4.69, 9.17) is 4.43 Å². The molecule has 0 bridgehead atoms. The van der Waals surface area contributed by atoms with Crippen molar-refractivity contribution in [3.63, 3.8) is 0 Å². The molecule has 1 aliphatic heterocycles. The van der Waals surface area contributed by atoms with E-state index in [0.29, 0.717) is 28.9 Å². The van der Waals surface area contributed by atoms with Gasteiger partial charge in [0.15, 0.2) is 0 Å². The van der Waals surface area contributed by atoms with E-state index in [-0.39, 0.29) is 42.1 Å². The number of nitrogens with zero attached hydrogens (tertiary/aromatic N) is 2. The van der Waals surface area contributed by atoms with Crippen LogP contribution in [0.25, 0.3) is 11.6 Å². The second kappa shape index (κ2) is 17.0. The Hall–Kier alpha value is -5.45. The lowest BCUT2D eigenvalue weighted by Gasteiger charge is -2.44. The predicted octanol–water partition coefficient (Wildman–Crippen LogP) is 7.16. The van der Waals surface area contributed by atoms with Gasteiger partial charge >= 0.3 is 0 Å². The zero-order valence-electron chi connectivity index (χ0n) is 32.7. The predicted molar refractivity (Wildman–Crippen MR) is 227 cm³/mol. The van der Waals surface area contributed by atoms with Crippen molar-refractivity contribution in [2.75, 3.05) is 18.1 Å². The van der Waals surface area contributed by atoms with E-state index in [1.807, 2.05) is 78.9 Å². The molecule has 5 aromatic rings. The Morgan fingerprint density at radius 3 is 2.02 bits per heavy atom. The van der Waals surface area contributed by atoms with Crippen molar-refractivity contribution < 1.29 is 29.3 Å². The quantitative estimate of drug-likeness (QED) is 0.0660. The summed E-state index contributed by atoms with van der Waals surface area (Å²) in [5, 5.41) is 36.1. The molecule has 0 unspecified atom stereocenters. The molecule has 2 aliphatic rings. The molecule has 4 aromatic carbocycles. The first-order valence-electron chi connectivity index (χ1n) is 19.6. The third-order valence-corrected chi connectivity index (χ3v) is 16.6. The van der Waals surface area contributed by atoms with Crippen LogP contribution in [0, 0.1) is 17.8 Å². The Labute approximate surface area is 336 Å². The summed E-state index contributed by atoms with van der Waals surface area (Å²) in [5.41, 5.74) is 3.90. The molecule has 2 heterocycles. The number of pyridine rings is 1. The first-order chi connectivity index (χ1) is 27.5. The number of phenols is 1. The van der Waals surface area contributed by atoms with Gasteiger partial charge in [-0.15, -0.1) is 0 Å². The Bertz CT molecular complexity index is 2200. The zero-order valence-corrected chi connectivity index (χ0v) is 33.7. The van der Waals surface area contributed by atoms with E-state index in [1.54, 1.807) is 42.6 Å². The standard InChI is InChI=1S/C48H50N2O6Si/c1-48(2,3)57(37-20-9-5-10-21-37,38-22-11-6-12-23-38)56-32-35-30-39-45(47(55)50(46(39)54)36-18-7-4-8-19-36)40(31-51)44(35)43(53)27-26-33(41-24-15-16-28-49-41)29-34-17-13-14-25-42(34)52/h4-25,28-29,39-40,43,45,51-53H,26-27,30-32H2,1-3H3/b33-29-/t39-,40+,43-,45-/m1/s1. The molecule has 0 spiro atoms. The largest absolute Gasteiger partial charge is 0.507 e. The highest BCUT2D eigenvalue weighted by Crippen LogP contribution is 2.48. The highest BCUT2D eigenvalue weighted by Gasteiger charge is 2.56. The highest BCUT2D eigenvalue weighted by atomic mass is 28.4. The first-order valence-corrected chi connectivity index (χ1v) is 21.5. The minimum Gasteiger partial charge on any atom is -0.507 e. The molecule has 0 radical (unpaired) electrons. The number of carbonyl (C=O) groups is 2. The second-order valence-corrected chi connectivity index (χ2v) is 20.3. The van der Waals surface area contributed by atoms with Crippen LogP contribution in [-0.2, 0) is 14.0 Å².